The highest BCUT2D eigenvalue weighted by Crippen LogP contribution is 2.36. The predicted molar refractivity (Wildman–Crippen MR) is 75.2 cm³/mol. The van der Waals surface area contributed by atoms with Crippen LogP contribution < -0.4 is 11.3 Å². The fourth-order valence-electron chi connectivity index (χ4n) is 2.54. The summed E-state index contributed by atoms with van der Waals surface area (Å²) in [6, 6.07) is 0.677. The number of nitrogens with two attached hydrogens (primary N) is 1. The van der Waals surface area contributed by atoms with Crippen LogP contribution in [-0.4, -0.2) is 28.2 Å². The number of hydrogen-bond donors (Lipinski definition) is 2. The highest BCUT2D eigenvalue weighted by atomic mass is 32.1. The van der Waals surface area contributed by atoms with E-state index in [1.54, 1.807) is 0 Å². The predicted octanol–water partition coefficient (Wildman–Crippen LogP) is 2.22. The molecule has 1 aromatic rings. The van der Waals surface area contributed by atoms with Crippen LogP contribution in [0, 0.1) is 5.41 Å². The van der Waals surface area contributed by atoms with Gasteiger partial charge >= 0.3 is 0 Å². The first kappa shape index (κ1) is 13.7. The topological polar surface area (TPSA) is 67.1 Å². The monoisotopic (exact) mass is 269 g/mol. The number of hydrazine groups is 1. The molecular weight excluding hydrogens is 246 g/mol. The van der Waals surface area contributed by atoms with Crippen LogP contribution in [0.4, 0.5) is 5.13 Å². The quantitative estimate of drug-likeness (QED) is 0.648. The van der Waals surface area contributed by atoms with Crippen LogP contribution in [0.25, 0.3) is 0 Å². The second-order valence-electron chi connectivity index (χ2n) is 5.96. The number of nitrogens with zero attached hydrogens (tertiary/aromatic N) is 3. The molecule has 18 heavy (non-hydrogen) atoms. The Morgan fingerprint density at radius 1 is 1.39 bits per heavy atom. The van der Waals surface area contributed by atoms with Crippen LogP contribution in [0.3, 0.4) is 0 Å². The summed E-state index contributed by atoms with van der Waals surface area (Å²) >= 11 is 1.52. The van der Waals surface area contributed by atoms with Gasteiger partial charge in [0.1, 0.15) is 5.01 Å². The highest BCUT2D eigenvalue weighted by Gasteiger charge is 2.29. The molecule has 0 saturated heterocycles. The van der Waals surface area contributed by atoms with Gasteiger partial charge in [-0.15, -0.1) is 10.2 Å². The molecule has 0 radical (unpaired) electrons. The van der Waals surface area contributed by atoms with Crippen LogP contribution in [0.2, 0.25) is 0 Å². The minimum absolute atomic E-state index is 0.525. The Bertz CT molecular complexity index is 380. The smallest absolute Gasteiger partial charge is 0.219 e. The first-order valence-corrected chi connectivity index (χ1v) is 7.31. The van der Waals surface area contributed by atoms with E-state index >= 15 is 0 Å². The number of nitrogen functional groups attached to an aromatic ring is 1. The van der Waals surface area contributed by atoms with Gasteiger partial charge in [-0.1, -0.05) is 25.2 Å². The molecule has 0 aromatic carbocycles. The summed E-state index contributed by atoms with van der Waals surface area (Å²) in [6.07, 6.45) is 5.19. The number of hydrogen-bond acceptors (Lipinski definition) is 6. The Labute approximate surface area is 113 Å². The average Bonchev–Trinajstić information content (AvgIpc) is 2.76. The van der Waals surface area contributed by atoms with E-state index in [0.29, 0.717) is 16.6 Å². The van der Waals surface area contributed by atoms with Crippen LogP contribution in [0.15, 0.2) is 0 Å². The molecule has 1 aliphatic rings. The molecule has 6 heteroatoms. The van der Waals surface area contributed by atoms with Gasteiger partial charge in [-0.2, -0.15) is 0 Å². The SMILES string of the molecule is CN(Cc1nnc(NN)s1)C1CCC(C)(C)CC1. The van der Waals surface area contributed by atoms with Gasteiger partial charge < -0.3 is 0 Å². The largest absolute Gasteiger partial charge is 0.298 e. The summed E-state index contributed by atoms with van der Waals surface area (Å²) < 4.78 is 0. The Morgan fingerprint density at radius 2 is 2.06 bits per heavy atom. The van der Waals surface area contributed by atoms with Gasteiger partial charge in [0.2, 0.25) is 5.13 Å². The summed E-state index contributed by atoms with van der Waals surface area (Å²) in [5.74, 6) is 5.31. The van der Waals surface area contributed by atoms with E-state index in [2.05, 4.69) is 41.4 Å². The summed E-state index contributed by atoms with van der Waals surface area (Å²) in [7, 11) is 2.18. The number of rotatable bonds is 4. The van der Waals surface area contributed by atoms with Crippen LogP contribution in [0.1, 0.15) is 44.5 Å². The van der Waals surface area contributed by atoms with Gasteiger partial charge in [-0.05, 0) is 38.1 Å². The number of nitrogens with one attached hydrogen (secondary N) is 1. The van der Waals surface area contributed by atoms with Gasteiger partial charge in [0, 0.05) is 6.04 Å². The average molecular weight is 269 g/mol. The van der Waals surface area contributed by atoms with Crippen LogP contribution >= 0.6 is 11.3 Å². The van der Waals surface area contributed by atoms with Crippen molar-refractivity contribution in [2.75, 3.05) is 12.5 Å². The fourth-order valence-corrected chi connectivity index (χ4v) is 3.26. The van der Waals surface area contributed by atoms with E-state index < -0.39 is 0 Å². The van der Waals surface area contributed by atoms with Crippen LogP contribution in [0.5, 0.6) is 0 Å². The molecule has 102 valence electrons. The summed E-state index contributed by atoms with van der Waals surface area (Å²) in [4.78, 5) is 2.40. The van der Waals surface area contributed by atoms with Crippen molar-refractivity contribution in [1.82, 2.24) is 15.1 Å². The standard InChI is InChI=1S/C12H23N5S/c1-12(2)6-4-9(5-7-12)17(3)8-10-15-16-11(14-13)18-10/h9H,4-8,13H2,1-3H3,(H,14,16). The zero-order valence-electron chi connectivity index (χ0n) is 11.4. The first-order valence-electron chi connectivity index (χ1n) is 6.49. The van der Waals surface area contributed by atoms with Gasteiger partial charge in [-0.25, -0.2) is 5.84 Å². The summed E-state index contributed by atoms with van der Waals surface area (Å²) in [6.45, 7) is 5.60. The molecule has 1 fully saturated rings. The molecule has 0 spiro atoms. The Hall–Kier alpha value is -0.720. The molecule has 5 nitrogen and oxygen atoms in total. The molecule has 1 saturated carbocycles. The Balaban J connectivity index is 1.86. The van der Waals surface area contributed by atoms with Crippen molar-refractivity contribution in [2.24, 2.45) is 11.3 Å². The van der Waals surface area contributed by atoms with E-state index in [9.17, 15) is 0 Å². The van der Waals surface area contributed by atoms with Gasteiger partial charge in [0.05, 0.1) is 6.54 Å². The molecule has 1 aliphatic carbocycles. The maximum atomic E-state index is 5.31. The molecule has 1 aromatic heterocycles. The van der Waals surface area contributed by atoms with Crippen molar-refractivity contribution in [1.29, 1.82) is 0 Å². The Kier molecular flexibility index (Phi) is 4.19. The number of anilines is 1. The summed E-state index contributed by atoms with van der Waals surface area (Å²) in [5.41, 5.74) is 3.06. The van der Waals surface area contributed by atoms with E-state index in [-0.39, 0.29) is 0 Å². The van der Waals surface area contributed by atoms with Crippen molar-refractivity contribution < 1.29 is 0 Å². The Morgan fingerprint density at radius 3 is 2.61 bits per heavy atom. The lowest BCUT2D eigenvalue weighted by Gasteiger charge is -2.38. The second kappa shape index (κ2) is 5.50. The van der Waals surface area contributed by atoms with Crippen molar-refractivity contribution in [3.63, 3.8) is 0 Å². The molecule has 2 rings (SSSR count). The van der Waals surface area contributed by atoms with E-state index in [0.717, 1.165) is 11.6 Å². The molecular formula is C12H23N5S. The third-order valence-electron chi connectivity index (χ3n) is 3.91. The van der Waals surface area contributed by atoms with Crippen molar-refractivity contribution in [3.8, 4) is 0 Å². The van der Waals surface area contributed by atoms with Gasteiger partial charge in [0.15, 0.2) is 0 Å². The second-order valence-corrected chi connectivity index (χ2v) is 7.02. The van der Waals surface area contributed by atoms with Crippen LogP contribution in [-0.2, 0) is 6.54 Å². The molecule has 0 aliphatic heterocycles. The minimum Gasteiger partial charge on any atom is -0.298 e. The molecule has 3 N–H and O–H groups in total. The van der Waals surface area contributed by atoms with Crippen molar-refractivity contribution in [3.05, 3.63) is 5.01 Å². The maximum absolute atomic E-state index is 5.31. The fraction of sp³-hybridized carbons (Fsp3) is 0.833. The lowest BCUT2D eigenvalue weighted by molar-refractivity contribution is 0.123. The molecule has 0 atom stereocenters. The van der Waals surface area contributed by atoms with E-state index in [1.807, 2.05) is 0 Å². The summed E-state index contributed by atoms with van der Waals surface area (Å²) in [5, 5.41) is 9.80. The molecule has 0 amide bonds. The van der Waals surface area contributed by atoms with Crippen molar-refractivity contribution >= 4 is 16.5 Å². The first-order chi connectivity index (χ1) is 8.50. The van der Waals surface area contributed by atoms with Gasteiger partial charge in [-0.3, -0.25) is 10.3 Å². The third-order valence-corrected chi connectivity index (χ3v) is 4.75. The molecule has 1 heterocycles. The molecule has 0 unspecified atom stereocenters. The van der Waals surface area contributed by atoms with E-state index in [1.165, 1.54) is 37.0 Å². The zero-order valence-corrected chi connectivity index (χ0v) is 12.3. The highest BCUT2D eigenvalue weighted by molar-refractivity contribution is 7.15. The van der Waals surface area contributed by atoms with Crippen molar-refractivity contribution in [2.45, 2.75) is 52.1 Å². The third kappa shape index (κ3) is 3.40. The normalized spacial score (nSPS) is 20.3. The lowest BCUT2D eigenvalue weighted by Crippen LogP contribution is -2.36. The maximum Gasteiger partial charge on any atom is 0.219 e. The van der Waals surface area contributed by atoms with E-state index in [4.69, 9.17) is 5.84 Å². The lowest BCUT2D eigenvalue weighted by atomic mass is 9.75. The number of aromatic nitrogens is 2. The molecule has 0 bridgehead atoms. The minimum atomic E-state index is 0.525. The van der Waals surface area contributed by atoms with Gasteiger partial charge in [0.25, 0.3) is 0 Å². The zero-order chi connectivity index (χ0) is 13.2.